The highest BCUT2D eigenvalue weighted by Crippen LogP contribution is 2.33. The van der Waals surface area contributed by atoms with Gasteiger partial charge in [-0.15, -0.1) is 0 Å². The highest BCUT2D eigenvalue weighted by Gasteiger charge is 2.30. The van der Waals surface area contributed by atoms with E-state index in [9.17, 15) is 13.2 Å². The summed E-state index contributed by atoms with van der Waals surface area (Å²) < 4.78 is 38.0. The fourth-order valence-corrected chi connectivity index (χ4v) is 3.02. The van der Waals surface area contributed by atoms with Gasteiger partial charge >= 0.3 is 6.18 Å². The summed E-state index contributed by atoms with van der Waals surface area (Å²) in [4.78, 5) is 8.03. The normalized spacial score (nSPS) is 16.3. The smallest absolute Gasteiger partial charge is 0.271 e. The van der Waals surface area contributed by atoms with Crippen LogP contribution in [0.2, 0.25) is 0 Å². The first-order chi connectivity index (χ1) is 7.55. The van der Waals surface area contributed by atoms with Gasteiger partial charge in [-0.1, -0.05) is 11.8 Å². The second-order valence-corrected chi connectivity index (χ2v) is 5.33. The Morgan fingerprint density at radius 3 is 2.81 bits per heavy atom. The topological polar surface area (TPSA) is 25.2 Å². The number of thioether (sulfide) groups is 2. The maximum absolute atomic E-state index is 12.4. The maximum Gasteiger partial charge on any atom is 0.416 e. The molecule has 16 heavy (non-hydrogen) atoms. The average Bonchev–Trinajstić information content (AvgIpc) is 2.70. The summed E-state index contributed by atoms with van der Waals surface area (Å²) in [5.74, 6) is 0.890. The molecule has 0 fully saturated rings. The molecule has 0 bridgehead atoms. The van der Waals surface area contributed by atoms with E-state index in [0.29, 0.717) is 5.03 Å². The Kier molecular flexibility index (Phi) is 3.44. The first-order valence-electron chi connectivity index (χ1n) is 4.44. The lowest BCUT2D eigenvalue weighted by Gasteiger charge is -2.07. The van der Waals surface area contributed by atoms with E-state index in [0.717, 1.165) is 28.8 Å². The number of aliphatic imine (C=N–C) groups is 1. The highest BCUT2D eigenvalue weighted by molar-refractivity contribution is 8.39. The molecule has 0 saturated heterocycles. The van der Waals surface area contributed by atoms with E-state index < -0.39 is 11.7 Å². The van der Waals surface area contributed by atoms with Gasteiger partial charge in [-0.25, -0.2) is 4.98 Å². The minimum Gasteiger partial charge on any atom is -0.271 e. The van der Waals surface area contributed by atoms with E-state index in [1.54, 1.807) is 11.8 Å². The van der Waals surface area contributed by atoms with Gasteiger partial charge in [0.05, 0.1) is 12.1 Å². The number of hydrogen-bond acceptors (Lipinski definition) is 4. The number of alkyl halides is 3. The number of aromatic nitrogens is 1. The zero-order chi connectivity index (χ0) is 11.6. The molecule has 0 radical (unpaired) electrons. The standard InChI is InChI=1S/C9H7F3N2S2/c10-9(11,12)6-1-2-13-7(5-6)16-8-14-3-4-15-8/h1-2,5H,3-4H2. The fraction of sp³-hybridized carbons (Fsp3) is 0.333. The number of hydrogen-bond donors (Lipinski definition) is 0. The van der Waals surface area contributed by atoms with Gasteiger partial charge in [0.2, 0.25) is 0 Å². The molecule has 1 aromatic rings. The van der Waals surface area contributed by atoms with Crippen molar-refractivity contribution >= 4 is 27.9 Å². The van der Waals surface area contributed by atoms with Crippen molar-refractivity contribution in [2.45, 2.75) is 11.2 Å². The Morgan fingerprint density at radius 1 is 1.38 bits per heavy atom. The summed E-state index contributed by atoms with van der Waals surface area (Å²) in [6, 6.07) is 2.01. The number of rotatable bonds is 1. The molecule has 2 nitrogen and oxygen atoms in total. The molecular formula is C9H7F3N2S2. The summed E-state index contributed by atoms with van der Waals surface area (Å²) in [5.41, 5.74) is -0.673. The van der Waals surface area contributed by atoms with Crippen molar-refractivity contribution in [3.63, 3.8) is 0 Å². The third kappa shape index (κ3) is 2.91. The minimum absolute atomic E-state index is 0.336. The molecule has 1 aliphatic rings. The van der Waals surface area contributed by atoms with Crippen LogP contribution in [0.3, 0.4) is 0 Å². The molecule has 0 atom stereocenters. The van der Waals surface area contributed by atoms with Crippen molar-refractivity contribution < 1.29 is 13.2 Å². The largest absolute Gasteiger partial charge is 0.416 e. The highest BCUT2D eigenvalue weighted by atomic mass is 32.2. The van der Waals surface area contributed by atoms with Crippen molar-refractivity contribution in [3.05, 3.63) is 23.9 Å². The molecule has 86 valence electrons. The Hall–Kier alpha value is -0.690. The van der Waals surface area contributed by atoms with Gasteiger partial charge < -0.3 is 0 Å². The molecule has 0 saturated carbocycles. The van der Waals surface area contributed by atoms with Gasteiger partial charge in [-0.05, 0) is 23.9 Å². The summed E-state index contributed by atoms with van der Waals surface area (Å²) in [6.07, 6.45) is -3.14. The van der Waals surface area contributed by atoms with Gasteiger partial charge in [0.15, 0.2) is 0 Å². The Morgan fingerprint density at radius 2 is 2.19 bits per heavy atom. The molecule has 2 rings (SSSR count). The van der Waals surface area contributed by atoms with E-state index in [1.807, 2.05) is 0 Å². The van der Waals surface area contributed by atoms with Crippen LogP contribution in [0.5, 0.6) is 0 Å². The van der Waals surface area contributed by atoms with E-state index >= 15 is 0 Å². The first kappa shape index (κ1) is 11.8. The van der Waals surface area contributed by atoms with Crippen molar-refractivity contribution in [2.24, 2.45) is 4.99 Å². The SMILES string of the molecule is FC(F)(F)c1ccnc(SC2=NCCS2)c1. The molecule has 1 aliphatic heterocycles. The maximum atomic E-state index is 12.4. The molecule has 7 heteroatoms. The van der Waals surface area contributed by atoms with Crippen LogP contribution in [0.1, 0.15) is 5.56 Å². The lowest BCUT2D eigenvalue weighted by Crippen LogP contribution is -2.05. The monoisotopic (exact) mass is 264 g/mol. The number of pyridine rings is 1. The molecule has 0 spiro atoms. The minimum atomic E-state index is -4.32. The van der Waals surface area contributed by atoms with Crippen LogP contribution in [-0.4, -0.2) is 21.7 Å². The van der Waals surface area contributed by atoms with Crippen LogP contribution >= 0.6 is 23.5 Å². The van der Waals surface area contributed by atoms with Gasteiger partial charge in [0.25, 0.3) is 0 Å². The van der Waals surface area contributed by atoms with Crippen LogP contribution in [0, 0.1) is 0 Å². The van der Waals surface area contributed by atoms with Crippen molar-refractivity contribution in [1.29, 1.82) is 0 Å². The molecule has 1 aromatic heterocycles. The fourth-order valence-electron chi connectivity index (χ4n) is 1.11. The predicted octanol–water partition coefficient (Wildman–Crippen LogP) is 3.30. The molecule has 0 aromatic carbocycles. The molecule has 0 N–H and O–H groups in total. The van der Waals surface area contributed by atoms with E-state index in [-0.39, 0.29) is 0 Å². The lowest BCUT2D eigenvalue weighted by atomic mass is 10.3. The average molecular weight is 264 g/mol. The summed E-state index contributed by atoms with van der Waals surface area (Å²) in [6.45, 7) is 0.728. The quantitative estimate of drug-likeness (QED) is 0.778. The zero-order valence-corrected chi connectivity index (χ0v) is 9.62. The lowest BCUT2D eigenvalue weighted by molar-refractivity contribution is -0.137. The molecule has 0 amide bonds. The van der Waals surface area contributed by atoms with Crippen molar-refractivity contribution in [2.75, 3.05) is 12.3 Å². The zero-order valence-electron chi connectivity index (χ0n) is 7.99. The van der Waals surface area contributed by atoms with Crippen LogP contribution in [0.15, 0.2) is 28.3 Å². The second-order valence-electron chi connectivity index (χ2n) is 2.98. The third-order valence-electron chi connectivity index (χ3n) is 1.81. The number of halogens is 3. The van der Waals surface area contributed by atoms with Gasteiger partial charge in [0.1, 0.15) is 9.40 Å². The molecule has 0 aliphatic carbocycles. The first-order valence-corrected chi connectivity index (χ1v) is 6.24. The van der Waals surface area contributed by atoms with Crippen molar-refractivity contribution in [3.8, 4) is 0 Å². The van der Waals surface area contributed by atoms with Crippen LogP contribution in [0.25, 0.3) is 0 Å². The van der Waals surface area contributed by atoms with Crippen LogP contribution in [0.4, 0.5) is 13.2 Å². The van der Waals surface area contributed by atoms with Gasteiger partial charge in [-0.2, -0.15) is 13.2 Å². The van der Waals surface area contributed by atoms with Crippen LogP contribution in [-0.2, 0) is 6.18 Å². The van der Waals surface area contributed by atoms with E-state index in [4.69, 9.17) is 0 Å². The summed E-state index contributed by atoms with van der Waals surface area (Å²) >= 11 is 2.73. The molecule has 2 heterocycles. The summed E-state index contributed by atoms with van der Waals surface area (Å²) in [5, 5.41) is 0.336. The molecular weight excluding hydrogens is 257 g/mol. The Balaban J connectivity index is 2.16. The second kappa shape index (κ2) is 4.67. The predicted molar refractivity (Wildman–Crippen MR) is 59.9 cm³/mol. The number of nitrogens with zero attached hydrogens (tertiary/aromatic N) is 2. The Bertz CT molecular complexity index is 417. The van der Waals surface area contributed by atoms with Crippen LogP contribution < -0.4 is 0 Å². The van der Waals surface area contributed by atoms with Gasteiger partial charge in [0, 0.05) is 11.9 Å². The van der Waals surface area contributed by atoms with Crippen molar-refractivity contribution in [1.82, 2.24) is 4.98 Å². The third-order valence-corrected chi connectivity index (χ3v) is 3.91. The van der Waals surface area contributed by atoms with E-state index in [2.05, 4.69) is 9.98 Å². The Labute approximate surface area is 98.7 Å². The summed E-state index contributed by atoms with van der Waals surface area (Å²) in [7, 11) is 0. The van der Waals surface area contributed by atoms with E-state index in [1.165, 1.54) is 18.0 Å². The molecule has 0 unspecified atom stereocenters. The van der Waals surface area contributed by atoms with Gasteiger partial charge in [-0.3, -0.25) is 4.99 Å².